The van der Waals surface area contributed by atoms with Crippen LogP contribution in [0.3, 0.4) is 0 Å². The molecular weight excluding hydrogens is 396 g/mol. The number of urea groups is 1. The fourth-order valence-electron chi connectivity index (χ4n) is 2.92. The Morgan fingerprint density at radius 3 is 2.55 bits per heavy atom. The lowest BCUT2D eigenvalue weighted by Gasteiger charge is -2.27. The summed E-state index contributed by atoms with van der Waals surface area (Å²) in [5, 5.41) is 2.56. The summed E-state index contributed by atoms with van der Waals surface area (Å²) >= 11 is 6.02. The number of benzene rings is 2. The second kappa shape index (κ2) is 8.36. The Labute approximate surface area is 172 Å². The summed E-state index contributed by atoms with van der Waals surface area (Å²) < 4.78 is 10.8. The van der Waals surface area contributed by atoms with E-state index in [0.717, 1.165) is 4.90 Å². The molecule has 7 nitrogen and oxygen atoms in total. The van der Waals surface area contributed by atoms with E-state index in [4.69, 9.17) is 21.1 Å². The predicted octanol–water partition coefficient (Wildman–Crippen LogP) is 3.72. The van der Waals surface area contributed by atoms with Crippen LogP contribution in [0.15, 0.2) is 42.0 Å². The molecule has 0 atom stereocenters. The van der Waals surface area contributed by atoms with Gasteiger partial charge in [0.05, 0.1) is 19.4 Å². The standard InChI is InChI=1S/C21H19ClN2O5/c1-4-29-17-8-6-13(10-18(17)28-3)9-15-19(25)23-21(27)24(20(15)26)16-11-14(22)7-5-12(16)2/h5-11H,4H2,1-3H3,(H,23,25,27)/b15-9+. The van der Waals surface area contributed by atoms with Crippen LogP contribution in [0.1, 0.15) is 18.1 Å². The molecule has 0 spiro atoms. The van der Waals surface area contributed by atoms with Crippen molar-refractivity contribution >= 4 is 41.2 Å². The van der Waals surface area contributed by atoms with Crippen LogP contribution in [-0.2, 0) is 9.59 Å². The number of aryl methyl sites for hydroxylation is 1. The zero-order valence-electron chi connectivity index (χ0n) is 16.1. The Kier molecular flexibility index (Phi) is 5.89. The molecule has 0 bridgehead atoms. The molecule has 1 heterocycles. The lowest BCUT2D eigenvalue weighted by Crippen LogP contribution is -2.54. The molecule has 1 fully saturated rings. The molecule has 0 aromatic heterocycles. The third-order valence-electron chi connectivity index (χ3n) is 4.31. The Bertz CT molecular complexity index is 1030. The first kappa shape index (κ1) is 20.4. The van der Waals surface area contributed by atoms with Gasteiger partial charge in [0, 0.05) is 5.02 Å². The molecule has 4 amide bonds. The quantitative estimate of drug-likeness (QED) is 0.595. The van der Waals surface area contributed by atoms with Gasteiger partial charge >= 0.3 is 6.03 Å². The average molecular weight is 415 g/mol. The van der Waals surface area contributed by atoms with Crippen LogP contribution < -0.4 is 19.7 Å². The highest BCUT2D eigenvalue weighted by atomic mass is 35.5. The molecular formula is C21H19ClN2O5. The summed E-state index contributed by atoms with van der Waals surface area (Å²) in [6, 6.07) is 9.03. The van der Waals surface area contributed by atoms with Crippen molar-refractivity contribution < 1.29 is 23.9 Å². The van der Waals surface area contributed by atoms with Crippen molar-refractivity contribution in [3.63, 3.8) is 0 Å². The summed E-state index contributed by atoms with van der Waals surface area (Å²) in [6.07, 6.45) is 1.40. The number of hydrogen-bond donors (Lipinski definition) is 1. The summed E-state index contributed by atoms with van der Waals surface area (Å²) in [7, 11) is 1.50. The van der Waals surface area contributed by atoms with Crippen molar-refractivity contribution in [3.05, 3.63) is 58.1 Å². The van der Waals surface area contributed by atoms with E-state index >= 15 is 0 Å². The number of imide groups is 2. The Morgan fingerprint density at radius 1 is 1.10 bits per heavy atom. The molecule has 1 aliphatic heterocycles. The molecule has 0 saturated carbocycles. The summed E-state index contributed by atoms with van der Waals surface area (Å²) in [4.78, 5) is 38.6. The Hall–Kier alpha value is -3.32. The Balaban J connectivity index is 2.03. The Morgan fingerprint density at radius 2 is 1.86 bits per heavy atom. The van der Waals surface area contributed by atoms with Gasteiger partial charge in [0.25, 0.3) is 11.8 Å². The van der Waals surface area contributed by atoms with Crippen molar-refractivity contribution in [2.75, 3.05) is 18.6 Å². The molecule has 0 unspecified atom stereocenters. The zero-order valence-corrected chi connectivity index (χ0v) is 16.9. The number of anilines is 1. The van der Waals surface area contributed by atoms with Crippen molar-refractivity contribution in [2.24, 2.45) is 0 Å². The smallest absolute Gasteiger partial charge is 0.335 e. The van der Waals surface area contributed by atoms with Crippen LogP contribution in [0.2, 0.25) is 5.02 Å². The van der Waals surface area contributed by atoms with E-state index in [1.54, 1.807) is 37.3 Å². The van der Waals surface area contributed by atoms with E-state index in [2.05, 4.69) is 5.32 Å². The number of carbonyl (C=O) groups excluding carboxylic acids is 3. The highest BCUT2D eigenvalue weighted by Crippen LogP contribution is 2.31. The minimum Gasteiger partial charge on any atom is -0.493 e. The molecule has 1 N–H and O–H groups in total. The van der Waals surface area contributed by atoms with E-state index in [1.165, 1.54) is 19.3 Å². The monoisotopic (exact) mass is 414 g/mol. The van der Waals surface area contributed by atoms with E-state index in [0.29, 0.717) is 39.9 Å². The third kappa shape index (κ3) is 4.09. The highest BCUT2D eigenvalue weighted by molar-refractivity contribution is 6.39. The summed E-state index contributed by atoms with van der Waals surface area (Å²) in [6.45, 7) is 4.06. The number of ether oxygens (including phenoxy) is 2. The van der Waals surface area contributed by atoms with Crippen molar-refractivity contribution in [1.82, 2.24) is 5.32 Å². The van der Waals surface area contributed by atoms with Gasteiger partial charge in [0.15, 0.2) is 11.5 Å². The molecule has 150 valence electrons. The van der Waals surface area contributed by atoms with Crippen LogP contribution in [0.4, 0.5) is 10.5 Å². The molecule has 1 saturated heterocycles. The number of hydrogen-bond acceptors (Lipinski definition) is 5. The van der Waals surface area contributed by atoms with Gasteiger partial charge in [0.1, 0.15) is 5.57 Å². The third-order valence-corrected chi connectivity index (χ3v) is 4.55. The topological polar surface area (TPSA) is 84.9 Å². The van der Waals surface area contributed by atoms with Crippen LogP contribution in [0.5, 0.6) is 11.5 Å². The molecule has 8 heteroatoms. The van der Waals surface area contributed by atoms with Gasteiger partial charge < -0.3 is 9.47 Å². The van der Waals surface area contributed by atoms with Crippen molar-refractivity contribution in [3.8, 4) is 11.5 Å². The largest absolute Gasteiger partial charge is 0.493 e. The average Bonchev–Trinajstić information content (AvgIpc) is 2.68. The molecule has 2 aromatic rings. The second-order valence-corrected chi connectivity index (χ2v) is 6.67. The maximum atomic E-state index is 13.0. The first-order valence-electron chi connectivity index (χ1n) is 8.84. The minimum absolute atomic E-state index is 0.185. The van der Waals surface area contributed by atoms with E-state index in [1.807, 2.05) is 6.92 Å². The molecule has 29 heavy (non-hydrogen) atoms. The first-order valence-corrected chi connectivity index (χ1v) is 9.22. The minimum atomic E-state index is -0.827. The number of amides is 4. The highest BCUT2D eigenvalue weighted by Gasteiger charge is 2.37. The molecule has 1 aliphatic rings. The van der Waals surface area contributed by atoms with Crippen LogP contribution in [-0.4, -0.2) is 31.6 Å². The van der Waals surface area contributed by atoms with Crippen LogP contribution in [0, 0.1) is 6.92 Å². The number of nitrogens with one attached hydrogen (secondary N) is 1. The first-order chi connectivity index (χ1) is 13.8. The number of barbiturate groups is 1. The van der Waals surface area contributed by atoms with Gasteiger partial charge in [-0.2, -0.15) is 0 Å². The SMILES string of the molecule is CCOc1ccc(/C=C2\C(=O)NC(=O)N(c3cc(Cl)ccc3C)C2=O)cc1OC. The van der Waals surface area contributed by atoms with E-state index < -0.39 is 17.8 Å². The lowest BCUT2D eigenvalue weighted by molar-refractivity contribution is -0.122. The molecule has 3 rings (SSSR count). The maximum Gasteiger partial charge on any atom is 0.335 e. The van der Waals surface area contributed by atoms with Crippen molar-refractivity contribution in [2.45, 2.75) is 13.8 Å². The maximum absolute atomic E-state index is 13.0. The number of carbonyl (C=O) groups is 3. The zero-order chi connectivity index (χ0) is 21.1. The fraction of sp³-hybridized carbons (Fsp3) is 0.190. The van der Waals surface area contributed by atoms with E-state index in [9.17, 15) is 14.4 Å². The summed E-state index contributed by atoms with van der Waals surface area (Å²) in [5.41, 5.74) is 1.33. The van der Waals surface area contributed by atoms with Gasteiger partial charge in [-0.15, -0.1) is 0 Å². The fourth-order valence-corrected chi connectivity index (χ4v) is 3.08. The second-order valence-electron chi connectivity index (χ2n) is 6.23. The lowest BCUT2D eigenvalue weighted by atomic mass is 10.1. The van der Waals surface area contributed by atoms with Gasteiger partial charge in [-0.3, -0.25) is 14.9 Å². The normalized spacial score (nSPS) is 15.5. The van der Waals surface area contributed by atoms with Gasteiger partial charge in [0.2, 0.25) is 0 Å². The van der Waals surface area contributed by atoms with Gasteiger partial charge in [-0.1, -0.05) is 23.7 Å². The van der Waals surface area contributed by atoms with Crippen LogP contribution in [0.25, 0.3) is 6.08 Å². The molecule has 2 aromatic carbocycles. The van der Waals surface area contributed by atoms with Crippen LogP contribution >= 0.6 is 11.6 Å². The van der Waals surface area contributed by atoms with Gasteiger partial charge in [-0.25, -0.2) is 9.69 Å². The molecule has 0 radical (unpaired) electrons. The number of rotatable bonds is 5. The number of methoxy groups -OCH3 is 1. The predicted molar refractivity (Wildman–Crippen MR) is 109 cm³/mol. The van der Waals surface area contributed by atoms with Gasteiger partial charge in [-0.05, 0) is 55.3 Å². The number of halogens is 1. The molecule has 0 aliphatic carbocycles. The van der Waals surface area contributed by atoms with Crippen molar-refractivity contribution in [1.29, 1.82) is 0 Å². The summed E-state index contributed by atoms with van der Waals surface area (Å²) in [5.74, 6) is -0.507. The number of nitrogens with zero attached hydrogens (tertiary/aromatic N) is 1. The van der Waals surface area contributed by atoms with E-state index in [-0.39, 0.29) is 5.57 Å².